The van der Waals surface area contributed by atoms with E-state index in [4.69, 9.17) is 0 Å². The minimum atomic E-state index is -3.36. The molecular weight excluding hydrogens is 292 g/mol. The molecule has 0 aromatic heterocycles. The van der Waals surface area contributed by atoms with E-state index in [1.165, 1.54) is 6.07 Å². The number of halogens is 1. The van der Waals surface area contributed by atoms with Gasteiger partial charge in [-0.25, -0.2) is 8.42 Å². The summed E-state index contributed by atoms with van der Waals surface area (Å²) in [6.45, 7) is 3.25. The van der Waals surface area contributed by atoms with Gasteiger partial charge >= 0.3 is 0 Å². The first-order valence-corrected chi connectivity index (χ1v) is 7.27. The number of ketones is 1. The number of fused-ring (bicyclic) bond motifs is 1. The fraction of sp³-hybridized carbons (Fsp3) is 0.364. The Morgan fingerprint density at radius 3 is 2.50 bits per heavy atom. The summed E-state index contributed by atoms with van der Waals surface area (Å²) in [5, 5.41) is -0.645. The van der Waals surface area contributed by atoms with Crippen LogP contribution in [0.5, 0.6) is 0 Å². The number of carbonyl (C=O) groups excluding carboxylic acids is 1. The highest BCUT2D eigenvalue weighted by Gasteiger charge is 2.40. The number of Topliss-reactive ketones (excluding diaryl/α,β-unsaturated/α-hetero) is 1. The Morgan fingerprint density at radius 1 is 1.25 bits per heavy atom. The molecule has 1 aliphatic rings. The first-order valence-electron chi connectivity index (χ1n) is 4.93. The zero-order chi connectivity index (χ0) is 12.1. The Hall–Kier alpha value is -0.680. The van der Waals surface area contributed by atoms with Crippen molar-refractivity contribution in [3.8, 4) is 0 Å². The maximum atomic E-state index is 12.1. The van der Waals surface area contributed by atoms with Crippen LogP contribution < -0.4 is 0 Å². The van der Waals surface area contributed by atoms with E-state index in [2.05, 4.69) is 15.9 Å². The first kappa shape index (κ1) is 11.8. The maximum Gasteiger partial charge on any atom is 0.182 e. The van der Waals surface area contributed by atoms with Crippen molar-refractivity contribution in [3.05, 3.63) is 28.2 Å². The van der Waals surface area contributed by atoms with Gasteiger partial charge in [-0.05, 0) is 25.1 Å². The van der Waals surface area contributed by atoms with E-state index in [0.29, 0.717) is 5.56 Å². The quantitative estimate of drug-likeness (QED) is 0.739. The molecule has 0 saturated heterocycles. The summed E-state index contributed by atoms with van der Waals surface area (Å²) >= 11 is 3.24. The maximum absolute atomic E-state index is 12.1. The molecule has 1 heterocycles. The summed E-state index contributed by atoms with van der Waals surface area (Å²) in [6, 6.07) is 4.72. The van der Waals surface area contributed by atoms with Gasteiger partial charge in [0.2, 0.25) is 0 Å². The normalized spacial score (nSPS) is 27.6. The van der Waals surface area contributed by atoms with Crippen LogP contribution >= 0.6 is 15.9 Å². The lowest BCUT2D eigenvalue weighted by molar-refractivity contribution is 0.0920. The van der Waals surface area contributed by atoms with E-state index >= 15 is 0 Å². The van der Waals surface area contributed by atoms with Crippen molar-refractivity contribution in [2.45, 2.75) is 24.0 Å². The highest BCUT2D eigenvalue weighted by atomic mass is 79.9. The molecule has 1 aliphatic heterocycles. The minimum absolute atomic E-state index is 0.0985. The molecule has 3 nitrogen and oxygen atoms in total. The molecule has 2 rings (SSSR count). The largest absolute Gasteiger partial charge is 0.294 e. The zero-order valence-electron chi connectivity index (χ0n) is 8.90. The van der Waals surface area contributed by atoms with Crippen LogP contribution in [0.1, 0.15) is 24.2 Å². The number of benzene rings is 1. The zero-order valence-corrected chi connectivity index (χ0v) is 11.3. The highest BCUT2D eigenvalue weighted by Crippen LogP contribution is 2.34. The molecule has 0 bridgehead atoms. The summed E-state index contributed by atoms with van der Waals surface area (Å²) in [4.78, 5) is 12.1. The predicted molar refractivity (Wildman–Crippen MR) is 64.3 cm³/mol. The third-order valence-corrected chi connectivity index (χ3v) is 5.97. The molecule has 2 unspecified atom stereocenters. The van der Waals surface area contributed by atoms with E-state index in [0.717, 1.165) is 4.47 Å². The van der Waals surface area contributed by atoms with Crippen LogP contribution in [0.2, 0.25) is 0 Å². The van der Waals surface area contributed by atoms with Gasteiger partial charge in [0.15, 0.2) is 15.6 Å². The van der Waals surface area contributed by atoms with Gasteiger partial charge in [-0.2, -0.15) is 0 Å². The van der Waals surface area contributed by atoms with Gasteiger partial charge in [-0.1, -0.05) is 22.9 Å². The van der Waals surface area contributed by atoms with Gasteiger partial charge in [-0.15, -0.1) is 0 Å². The van der Waals surface area contributed by atoms with Crippen LogP contribution in [0.3, 0.4) is 0 Å². The van der Waals surface area contributed by atoms with Gasteiger partial charge < -0.3 is 0 Å². The Balaban J connectivity index is 2.79. The van der Waals surface area contributed by atoms with Crippen molar-refractivity contribution in [1.82, 2.24) is 0 Å². The van der Waals surface area contributed by atoms with Crippen LogP contribution in [0, 0.1) is 5.92 Å². The lowest BCUT2D eigenvalue weighted by atomic mass is 9.96. The van der Waals surface area contributed by atoms with Crippen LogP contribution in [-0.4, -0.2) is 19.5 Å². The SMILES string of the molecule is CC1C(=O)c2cc(Br)ccc2S(=O)(=O)C1C. The van der Waals surface area contributed by atoms with Crippen molar-refractivity contribution in [3.63, 3.8) is 0 Å². The number of hydrogen-bond acceptors (Lipinski definition) is 3. The number of rotatable bonds is 0. The summed E-state index contributed by atoms with van der Waals surface area (Å²) in [5.41, 5.74) is 0.306. The van der Waals surface area contributed by atoms with E-state index in [-0.39, 0.29) is 10.7 Å². The van der Waals surface area contributed by atoms with Crippen LogP contribution in [0.4, 0.5) is 0 Å². The Labute approximate surface area is 103 Å². The second kappa shape index (κ2) is 3.67. The number of sulfone groups is 1. The van der Waals surface area contributed by atoms with E-state index in [9.17, 15) is 13.2 Å². The predicted octanol–water partition coefficient (Wildman–Crippen LogP) is 2.44. The molecule has 0 fully saturated rings. The number of carbonyl (C=O) groups is 1. The Kier molecular flexibility index (Phi) is 2.70. The standard InChI is InChI=1S/C11H11BrO3S/c1-6-7(2)16(14,15)10-4-3-8(12)5-9(10)11(6)13/h3-7H,1-2H3. The topological polar surface area (TPSA) is 51.2 Å². The van der Waals surface area contributed by atoms with Crippen molar-refractivity contribution >= 4 is 31.6 Å². The van der Waals surface area contributed by atoms with Gasteiger partial charge in [0.25, 0.3) is 0 Å². The summed E-state index contributed by atoms with van der Waals surface area (Å²) < 4.78 is 24.9. The molecule has 5 heteroatoms. The average molecular weight is 303 g/mol. The summed E-state index contributed by atoms with van der Waals surface area (Å²) in [5.74, 6) is -0.578. The molecule has 0 aliphatic carbocycles. The molecule has 16 heavy (non-hydrogen) atoms. The summed E-state index contributed by atoms with van der Waals surface area (Å²) in [7, 11) is -3.36. The second-order valence-corrected chi connectivity index (χ2v) is 7.23. The van der Waals surface area contributed by atoms with Crippen molar-refractivity contribution in [2.75, 3.05) is 0 Å². The molecule has 1 aromatic carbocycles. The smallest absolute Gasteiger partial charge is 0.182 e. The fourth-order valence-electron chi connectivity index (χ4n) is 1.87. The van der Waals surface area contributed by atoms with E-state index < -0.39 is 21.0 Å². The van der Waals surface area contributed by atoms with Crippen LogP contribution in [0.15, 0.2) is 27.6 Å². The fourth-order valence-corrected chi connectivity index (χ4v) is 4.02. The first-order chi connectivity index (χ1) is 7.35. The molecule has 1 aromatic rings. The van der Waals surface area contributed by atoms with Crippen molar-refractivity contribution in [2.24, 2.45) is 5.92 Å². The van der Waals surface area contributed by atoms with E-state index in [1.54, 1.807) is 26.0 Å². The third-order valence-electron chi connectivity index (χ3n) is 3.12. The lowest BCUT2D eigenvalue weighted by Gasteiger charge is -2.26. The molecule has 0 saturated carbocycles. The Bertz CT molecular complexity index is 563. The van der Waals surface area contributed by atoms with Gasteiger partial charge in [-0.3, -0.25) is 4.79 Å². The molecule has 0 amide bonds. The van der Waals surface area contributed by atoms with Gasteiger partial charge in [0, 0.05) is 16.0 Å². The average Bonchev–Trinajstić information content (AvgIpc) is 2.24. The Morgan fingerprint density at radius 2 is 1.88 bits per heavy atom. The molecule has 0 radical (unpaired) electrons. The second-order valence-electron chi connectivity index (χ2n) is 4.04. The lowest BCUT2D eigenvalue weighted by Crippen LogP contribution is -2.36. The van der Waals surface area contributed by atoms with Gasteiger partial charge in [0.1, 0.15) is 0 Å². The van der Waals surface area contributed by atoms with Crippen LogP contribution in [0.25, 0.3) is 0 Å². The van der Waals surface area contributed by atoms with Crippen molar-refractivity contribution in [1.29, 1.82) is 0 Å². The molecule has 86 valence electrons. The monoisotopic (exact) mass is 302 g/mol. The number of hydrogen-bond donors (Lipinski definition) is 0. The van der Waals surface area contributed by atoms with Gasteiger partial charge in [0.05, 0.1) is 10.1 Å². The molecular formula is C11H11BrO3S. The highest BCUT2D eigenvalue weighted by molar-refractivity contribution is 9.10. The third kappa shape index (κ3) is 1.53. The molecule has 2 atom stereocenters. The van der Waals surface area contributed by atoms with Crippen LogP contribution in [-0.2, 0) is 9.84 Å². The van der Waals surface area contributed by atoms with Crippen molar-refractivity contribution < 1.29 is 13.2 Å². The summed E-state index contributed by atoms with van der Waals surface area (Å²) in [6.07, 6.45) is 0. The molecule has 0 spiro atoms. The minimum Gasteiger partial charge on any atom is -0.294 e. The van der Waals surface area contributed by atoms with E-state index in [1.807, 2.05) is 0 Å². The molecule has 0 N–H and O–H groups in total.